The van der Waals surface area contributed by atoms with Gasteiger partial charge < -0.3 is 14.4 Å². The Hall–Kier alpha value is -2.64. The van der Waals surface area contributed by atoms with Crippen LogP contribution in [0, 0.1) is 0 Å². The van der Waals surface area contributed by atoms with E-state index in [9.17, 15) is 13.2 Å². The summed E-state index contributed by atoms with van der Waals surface area (Å²) in [6, 6.07) is 18.3. The van der Waals surface area contributed by atoms with Crippen LogP contribution < -0.4 is 0 Å². The molecule has 2 aromatic carbocycles. The van der Waals surface area contributed by atoms with Gasteiger partial charge in [0.05, 0.1) is 11.9 Å². The van der Waals surface area contributed by atoms with Crippen molar-refractivity contribution in [2.45, 2.75) is 25.5 Å². The van der Waals surface area contributed by atoms with Crippen LogP contribution in [0.15, 0.2) is 66.4 Å². The molecule has 30 heavy (non-hydrogen) atoms. The molecule has 0 N–H and O–H groups in total. The van der Waals surface area contributed by atoms with Crippen molar-refractivity contribution < 1.29 is 22.7 Å². The lowest BCUT2D eigenvalue weighted by atomic mass is 10.1. The maximum Gasteiger partial charge on any atom is 0.290 e. The maximum absolute atomic E-state index is 13.6. The van der Waals surface area contributed by atoms with E-state index in [-0.39, 0.29) is 29.1 Å². The molecule has 1 fully saturated rings. The Labute approximate surface area is 177 Å². The third-order valence-corrected chi connectivity index (χ3v) is 7.04. The summed E-state index contributed by atoms with van der Waals surface area (Å²) in [5.41, 5.74) is 1.43. The molecule has 1 saturated heterocycles. The molecule has 0 saturated carbocycles. The van der Waals surface area contributed by atoms with Gasteiger partial charge in [0.15, 0.2) is 9.84 Å². The Morgan fingerprint density at radius 1 is 1.00 bits per heavy atom. The smallest absolute Gasteiger partial charge is 0.290 e. The molecule has 2 heterocycles. The fourth-order valence-corrected chi connectivity index (χ4v) is 5.25. The van der Waals surface area contributed by atoms with E-state index in [1.165, 1.54) is 0 Å². The van der Waals surface area contributed by atoms with E-state index in [2.05, 4.69) is 0 Å². The Kier molecular flexibility index (Phi) is 6.20. The fourth-order valence-electron chi connectivity index (χ4n) is 3.82. The first-order valence-corrected chi connectivity index (χ1v) is 11.8. The summed E-state index contributed by atoms with van der Waals surface area (Å²) in [5.74, 6) is -0.656. The minimum atomic E-state index is -3.63. The normalized spacial score (nSPS) is 20.6. The number of ether oxygens (including phenoxy) is 2. The van der Waals surface area contributed by atoms with E-state index in [0.717, 1.165) is 18.4 Å². The predicted molar refractivity (Wildman–Crippen MR) is 114 cm³/mol. The Balaban J connectivity index is 1.73. The van der Waals surface area contributed by atoms with Gasteiger partial charge in [-0.05, 0) is 24.0 Å². The van der Waals surface area contributed by atoms with Crippen molar-refractivity contribution in [2.24, 2.45) is 0 Å². The van der Waals surface area contributed by atoms with Gasteiger partial charge in [0.25, 0.3) is 5.91 Å². The molecular weight excluding hydrogens is 402 g/mol. The van der Waals surface area contributed by atoms with E-state index < -0.39 is 15.7 Å². The Morgan fingerprint density at radius 3 is 2.37 bits per heavy atom. The largest absolute Gasteiger partial charge is 0.486 e. The van der Waals surface area contributed by atoms with Crippen LogP contribution in [-0.2, 0) is 30.7 Å². The zero-order chi connectivity index (χ0) is 21.0. The molecule has 0 unspecified atom stereocenters. The molecule has 4 rings (SSSR count). The summed E-state index contributed by atoms with van der Waals surface area (Å²) < 4.78 is 37.2. The topological polar surface area (TPSA) is 72.9 Å². The van der Waals surface area contributed by atoms with Crippen molar-refractivity contribution >= 4 is 20.6 Å². The molecule has 2 aliphatic rings. The highest BCUT2D eigenvalue weighted by molar-refractivity contribution is 8.00. The van der Waals surface area contributed by atoms with Crippen LogP contribution >= 0.6 is 0 Å². The van der Waals surface area contributed by atoms with Gasteiger partial charge in [0.2, 0.25) is 5.76 Å². The summed E-state index contributed by atoms with van der Waals surface area (Å²) in [6.07, 6.45) is 1.78. The molecule has 7 heteroatoms. The van der Waals surface area contributed by atoms with E-state index in [1.807, 2.05) is 30.3 Å². The quantitative estimate of drug-likeness (QED) is 0.709. The molecule has 0 aliphatic carbocycles. The lowest BCUT2D eigenvalue weighted by Gasteiger charge is -2.29. The maximum atomic E-state index is 13.6. The first-order chi connectivity index (χ1) is 14.5. The van der Waals surface area contributed by atoms with Crippen LogP contribution in [0.5, 0.6) is 0 Å². The molecule has 2 aliphatic heterocycles. The zero-order valence-electron chi connectivity index (χ0n) is 16.7. The molecule has 1 atom stereocenters. The van der Waals surface area contributed by atoms with Crippen LogP contribution in [0.3, 0.4) is 0 Å². The third kappa shape index (κ3) is 4.57. The van der Waals surface area contributed by atoms with E-state index in [4.69, 9.17) is 9.47 Å². The average Bonchev–Trinajstić information content (AvgIpc) is 3.26. The van der Waals surface area contributed by atoms with Crippen LogP contribution in [0.1, 0.15) is 24.0 Å². The molecular formula is C23H25NO5S. The van der Waals surface area contributed by atoms with Crippen LogP contribution in [-0.4, -0.2) is 50.8 Å². The number of hydrogen-bond acceptors (Lipinski definition) is 5. The minimum Gasteiger partial charge on any atom is -0.486 e. The van der Waals surface area contributed by atoms with Crippen LogP contribution in [0.4, 0.5) is 0 Å². The van der Waals surface area contributed by atoms with Crippen molar-refractivity contribution in [3.8, 4) is 0 Å². The molecule has 158 valence electrons. The van der Waals surface area contributed by atoms with E-state index >= 15 is 0 Å². The number of carbonyl (C=O) groups excluding carboxylic acids is 1. The van der Waals surface area contributed by atoms with E-state index in [0.29, 0.717) is 25.3 Å². The van der Waals surface area contributed by atoms with Crippen molar-refractivity contribution in [2.75, 3.05) is 25.5 Å². The first kappa shape index (κ1) is 20.6. The monoisotopic (exact) mass is 427 g/mol. The fraction of sp³-hybridized carbons (Fsp3) is 0.348. The molecule has 6 nitrogen and oxygen atoms in total. The Bertz CT molecular complexity index is 1010. The standard InChI is InChI=1S/C23H25NO5S/c25-23(21-22(19-10-5-2-6-11-19)30(26,27)15-14-29-21)24(17-20-12-7-13-28-20)16-18-8-3-1-4-9-18/h1-6,8-11,20H,7,12-17H2/t20-/m0/s1. The third-order valence-electron chi connectivity index (χ3n) is 5.30. The van der Waals surface area contributed by atoms with Crippen molar-refractivity contribution in [1.29, 1.82) is 0 Å². The second kappa shape index (κ2) is 9.02. The molecule has 2 aromatic rings. The number of benzene rings is 2. The number of carbonyl (C=O) groups is 1. The predicted octanol–water partition coefficient (Wildman–Crippen LogP) is 3.01. The zero-order valence-corrected chi connectivity index (χ0v) is 17.5. The molecule has 0 bridgehead atoms. The lowest BCUT2D eigenvalue weighted by molar-refractivity contribution is -0.133. The molecule has 0 aromatic heterocycles. The summed E-state index contributed by atoms with van der Waals surface area (Å²) in [7, 11) is -3.63. The number of hydrogen-bond donors (Lipinski definition) is 0. The summed E-state index contributed by atoms with van der Waals surface area (Å²) in [6.45, 7) is 1.40. The summed E-state index contributed by atoms with van der Waals surface area (Å²) >= 11 is 0. The number of rotatable bonds is 6. The van der Waals surface area contributed by atoms with Gasteiger partial charge in [-0.15, -0.1) is 0 Å². The Morgan fingerprint density at radius 2 is 1.70 bits per heavy atom. The van der Waals surface area contributed by atoms with Crippen LogP contribution in [0.2, 0.25) is 0 Å². The summed E-state index contributed by atoms with van der Waals surface area (Å²) in [4.78, 5) is 15.2. The highest BCUT2D eigenvalue weighted by atomic mass is 32.2. The highest BCUT2D eigenvalue weighted by Crippen LogP contribution is 2.31. The summed E-state index contributed by atoms with van der Waals surface area (Å²) in [5, 5.41) is 0. The van der Waals surface area contributed by atoms with Crippen molar-refractivity contribution in [3.63, 3.8) is 0 Å². The van der Waals surface area contributed by atoms with E-state index in [1.54, 1.807) is 35.2 Å². The van der Waals surface area contributed by atoms with Gasteiger partial charge in [0.1, 0.15) is 11.5 Å². The van der Waals surface area contributed by atoms with Gasteiger partial charge in [0, 0.05) is 19.7 Å². The number of amides is 1. The van der Waals surface area contributed by atoms with Gasteiger partial charge in [-0.25, -0.2) is 8.42 Å². The molecule has 0 spiro atoms. The van der Waals surface area contributed by atoms with Crippen LogP contribution in [0.25, 0.3) is 4.91 Å². The van der Waals surface area contributed by atoms with Crippen molar-refractivity contribution in [1.82, 2.24) is 4.90 Å². The number of nitrogens with zero attached hydrogens (tertiary/aromatic N) is 1. The minimum absolute atomic E-state index is 0.0234. The van der Waals surface area contributed by atoms with Gasteiger partial charge in [-0.2, -0.15) is 0 Å². The molecule has 1 amide bonds. The first-order valence-electron chi connectivity index (χ1n) is 10.1. The highest BCUT2D eigenvalue weighted by Gasteiger charge is 2.36. The van der Waals surface area contributed by atoms with Gasteiger partial charge in [-0.1, -0.05) is 60.7 Å². The van der Waals surface area contributed by atoms with Crippen molar-refractivity contribution in [3.05, 3.63) is 77.5 Å². The SMILES string of the molecule is O=C(C1=C(c2ccccc2)S(=O)(=O)CCO1)N(Cc1ccccc1)C[C@@H]1CCCO1. The molecule has 0 radical (unpaired) electrons. The second-order valence-corrected chi connectivity index (χ2v) is 9.54. The second-order valence-electron chi connectivity index (χ2n) is 7.50. The lowest BCUT2D eigenvalue weighted by Crippen LogP contribution is -2.40. The van der Waals surface area contributed by atoms with Gasteiger partial charge >= 0.3 is 0 Å². The average molecular weight is 428 g/mol. The van der Waals surface area contributed by atoms with Gasteiger partial charge in [-0.3, -0.25) is 4.79 Å². The number of sulfone groups is 1.